The van der Waals surface area contributed by atoms with Crippen molar-refractivity contribution in [2.45, 2.75) is 62.8 Å². The van der Waals surface area contributed by atoms with Crippen LogP contribution in [0.1, 0.15) is 49.3 Å². The van der Waals surface area contributed by atoms with Crippen molar-refractivity contribution in [1.29, 1.82) is 0 Å². The number of nitrogens with zero attached hydrogens (tertiary/aromatic N) is 2. The van der Waals surface area contributed by atoms with E-state index >= 15 is 0 Å². The number of fused-ring (bicyclic) bond motifs is 2. The summed E-state index contributed by atoms with van der Waals surface area (Å²) in [7, 11) is 0. The van der Waals surface area contributed by atoms with Crippen LogP contribution in [0.15, 0.2) is 72.8 Å². The van der Waals surface area contributed by atoms with E-state index in [0.717, 1.165) is 11.1 Å². The minimum atomic E-state index is -1.36. The molecule has 2 saturated heterocycles. The minimum Gasteiger partial charge on any atom is -0.463 e. The summed E-state index contributed by atoms with van der Waals surface area (Å²) in [5.74, 6) is -3.37. The van der Waals surface area contributed by atoms with Crippen LogP contribution in [0.25, 0.3) is 0 Å². The van der Waals surface area contributed by atoms with Gasteiger partial charge in [0, 0.05) is 26.1 Å². The van der Waals surface area contributed by atoms with Gasteiger partial charge in [0.25, 0.3) is 5.91 Å². The Hall–Kier alpha value is -3.99. The minimum absolute atomic E-state index is 0.0302. The van der Waals surface area contributed by atoms with Crippen LogP contribution in [0.5, 0.6) is 0 Å². The SMILES string of the molecule is Cc1cccc(Cl)c1N1C/C=C\CCC(=O)OC[C@@H](c2ccccc2)NC(=O)[C@@H]2[C@@H]3C=C[C@]4(O3)[C@H](C1=O)N(CCCCCO)C(=O)[C@@H]24. The van der Waals surface area contributed by atoms with Crippen LogP contribution in [0.3, 0.4) is 0 Å². The van der Waals surface area contributed by atoms with Crippen molar-refractivity contribution in [2.24, 2.45) is 11.8 Å². The third-order valence-electron chi connectivity index (χ3n) is 9.59. The van der Waals surface area contributed by atoms with Gasteiger partial charge in [0.2, 0.25) is 11.8 Å². The van der Waals surface area contributed by atoms with Crippen molar-refractivity contribution in [3.8, 4) is 0 Å². The largest absolute Gasteiger partial charge is 0.463 e. The number of anilines is 1. The van der Waals surface area contributed by atoms with Gasteiger partial charge in [-0.15, -0.1) is 0 Å². The summed E-state index contributed by atoms with van der Waals surface area (Å²) in [4.78, 5) is 59.4. The number of aliphatic hydroxyl groups excluding tert-OH is 1. The molecule has 4 heterocycles. The molecule has 0 saturated carbocycles. The van der Waals surface area contributed by atoms with Crippen LogP contribution in [-0.4, -0.2) is 77.7 Å². The topological polar surface area (TPSA) is 125 Å². The Kier molecular flexibility index (Phi) is 9.82. The van der Waals surface area contributed by atoms with Crippen molar-refractivity contribution in [1.82, 2.24) is 10.2 Å². The van der Waals surface area contributed by atoms with Crippen LogP contribution in [-0.2, 0) is 28.7 Å². The van der Waals surface area contributed by atoms with Crippen molar-refractivity contribution < 1.29 is 33.8 Å². The highest BCUT2D eigenvalue weighted by Crippen LogP contribution is 2.55. The molecule has 1 spiro atoms. The first-order chi connectivity index (χ1) is 22.8. The number of rotatable bonds is 7. The number of ether oxygens (including phenoxy) is 2. The summed E-state index contributed by atoms with van der Waals surface area (Å²) in [5.41, 5.74) is 0.684. The smallest absolute Gasteiger partial charge is 0.306 e. The first-order valence-electron chi connectivity index (χ1n) is 16.3. The molecule has 4 aliphatic rings. The Labute approximate surface area is 279 Å². The van der Waals surface area contributed by atoms with E-state index in [1.165, 1.54) is 0 Å². The first kappa shape index (κ1) is 32.9. The molecular formula is C36H40ClN3O7. The zero-order chi connectivity index (χ0) is 33.1. The second-order valence-electron chi connectivity index (χ2n) is 12.5. The van der Waals surface area contributed by atoms with E-state index in [2.05, 4.69) is 5.32 Å². The molecule has 11 heteroatoms. The molecule has 6 rings (SSSR count). The average Bonchev–Trinajstić information content (AvgIpc) is 3.71. The molecule has 0 aliphatic carbocycles. The summed E-state index contributed by atoms with van der Waals surface area (Å²) in [5, 5.41) is 12.8. The zero-order valence-corrected chi connectivity index (χ0v) is 27.1. The van der Waals surface area contributed by atoms with E-state index in [4.69, 9.17) is 21.1 Å². The fourth-order valence-corrected chi connectivity index (χ4v) is 7.71. The Morgan fingerprint density at radius 2 is 1.81 bits per heavy atom. The highest BCUT2D eigenvalue weighted by molar-refractivity contribution is 6.34. The number of cyclic esters (lactones) is 1. The zero-order valence-electron chi connectivity index (χ0n) is 26.3. The molecule has 0 unspecified atom stereocenters. The lowest BCUT2D eigenvalue weighted by Crippen LogP contribution is -2.56. The highest BCUT2D eigenvalue weighted by atomic mass is 35.5. The monoisotopic (exact) mass is 661 g/mol. The van der Waals surface area contributed by atoms with Crippen LogP contribution in [0, 0.1) is 18.8 Å². The number of halogens is 1. The summed E-state index contributed by atoms with van der Waals surface area (Å²) < 4.78 is 12.2. The van der Waals surface area contributed by atoms with Crippen LogP contribution < -0.4 is 10.2 Å². The predicted octanol–water partition coefficient (Wildman–Crippen LogP) is 4.05. The van der Waals surface area contributed by atoms with E-state index < -0.39 is 47.5 Å². The molecule has 4 aliphatic heterocycles. The molecule has 2 N–H and O–H groups in total. The summed E-state index contributed by atoms with van der Waals surface area (Å²) in [6.45, 7) is 2.22. The number of benzene rings is 2. The van der Waals surface area contributed by atoms with Crippen LogP contribution in [0.4, 0.5) is 5.69 Å². The average molecular weight is 662 g/mol. The van der Waals surface area contributed by atoms with Gasteiger partial charge in [0.15, 0.2) is 0 Å². The number of carbonyl (C=O) groups is 4. The molecule has 2 aromatic rings. The van der Waals surface area contributed by atoms with E-state index in [1.54, 1.807) is 28.0 Å². The van der Waals surface area contributed by atoms with Gasteiger partial charge < -0.3 is 29.7 Å². The Bertz CT molecular complexity index is 1560. The third-order valence-corrected chi connectivity index (χ3v) is 9.90. The van der Waals surface area contributed by atoms with E-state index in [9.17, 15) is 24.3 Å². The number of aliphatic hydroxyl groups is 1. The van der Waals surface area contributed by atoms with Crippen molar-refractivity contribution in [2.75, 3.05) is 31.2 Å². The van der Waals surface area contributed by atoms with Crippen LogP contribution >= 0.6 is 11.6 Å². The van der Waals surface area contributed by atoms with Gasteiger partial charge in [-0.25, -0.2) is 0 Å². The number of carbonyl (C=O) groups excluding carboxylic acids is 4. The van der Waals surface area contributed by atoms with Gasteiger partial charge in [-0.3, -0.25) is 19.2 Å². The van der Waals surface area contributed by atoms with Crippen LogP contribution in [0.2, 0.25) is 5.02 Å². The normalized spacial score (nSPS) is 30.0. The molecule has 10 nitrogen and oxygen atoms in total. The molecule has 0 aromatic heterocycles. The molecule has 3 amide bonds. The molecule has 248 valence electrons. The third kappa shape index (κ3) is 6.22. The van der Waals surface area contributed by atoms with Crippen molar-refractivity contribution >= 4 is 41.0 Å². The Morgan fingerprint density at radius 1 is 1.00 bits per heavy atom. The Morgan fingerprint density at radius 3 is 2.57 bits per heavy atom. The van der Waals surface area contributed by atoms with E-state index in [-0.39, 0.29) is 44.5 Å². The number of amides is 3. The highest BCUT2D eigenvalue weighted by Gasteiger charge is 2.73. The van der Waals surface area contributed by atoms with E-state index in [1.807, 2.05) is 61.5 Å². The maximum absolute atomic E-state index is 15.0. The van der Waals surface area contributed by atoms with Gasteiger partial charge in [-0.05, 0) is 49.8 Å². The molecule has 2 aromatic carbocycles. The fraction of sp³-hybridized carbons (Fsp3) is 0.444. The number of unbranched alkanes of at least 4 members (excludes halogenated alkanes) is 2. The predicted molar refractivity (Wildman–Crippen MR) is 175 cm³/mol. The van der Waals surface area contributed by atoms with Gasteiger partial charge in [0.05, 0.1) is 34.7 Å². The standard InChI is InChI=1S/C36H40ClN3O7/c1-23-12-11-15-25(37)31(23)39-19-8-3-7-16-28(42)46-22-26(24-13-5-2-6-14-24)38-33(43)29-27-17-18-36(47-27)30(29)34(44)40(32(36)35(39)45)20-9-4-10-21-41/h2-3,5-6,8,11-15,17-18,26-27,29-30,32,41H,4,7,9-10,16,19-22H2,1H3,(H,38,43)/b8-3-/t26-,27-,29+,30+,32-,36+/m0/s1. The van der Waals surface area contributed by atoms with Gasteiger partial charge in [-0.2, -0.15) is 0 Å². The number of likely N-dealkylation sites (tertiary alicyclic amines) is 1. The summed E-state index contributed by atoms with van der Waals surface area (Å²) in [6, 6.07) is 12.9. The lowest BCUT2D eigenvalue weighted by atomic mass is 9.74. The van der Waals surface area contributed by atoms with Gasteiger partial charge in [0.1, 0.15) is 18.2 Å². The molecular weight excluding hydrogens is 622 g/mol. The quantitative estimate of drug-likeness (QED) is 0.261. The maximum atomic E-state index is 15.0. The number of aryl methyl sites for hydroxylation is 1. The first-order valence-corrected chi connectivity index (χ1v) is 16.7. The lowest BCUT2D eigenvalue weighted by molar-refractivity contribution is -0.145. The van der Waals surface area contributed by atoms with Gasteiger partial charge in [-0.1, -0.05) is 78.4 Å². The van der Waals surface area contributed by atoms with Crippen molar-refractivity contribution in [3.05, 3.63) is 89.0 Å². The second-order valence-corrected chi connectivity index (χ2v) is 12.9. The molecule has 0 radical (unpaired) electrons. The molecule has 2 fully saturated rings. The molecule has 47 heavy (non-hydrogen) atoms. The lowest BCUT2D eigenvalue weighted by Gasteiger charge is -2.36. The maximum Gasteiger partial charge on any atom is 0.306 e. The summed E-state index contributed by atoms with van der Waals surface area (Å²) >= 11 is 6.72. The van der Waals surface area contributed by atoms with E-state index in [0.29, 0.717) is 36.4 Å². The number of para-hydroxylation sites is 1. The molecule has 6 atom stereocenters. The number of hydrogen-bond donors (Lipinski definition) is 2. The number of esters is 1. The molecule has 5 bridgehead atoms. The number of nitrogens with one attached hydrogen (secondary N) is 1. The number of allylic oxidation sites excluding steroid dienone is 1. The Balaban J connectivity index is 1.43. The number of hydrogen-bond acceptors (Lipinski definition) is 7. The second kappa shape index (κ2) is 14.0. The van der Waals surface area contributed by atoms with Gasteiger partial charge >= 0.3 is 5.97 Å². The fourth-order valence-electron chi connectivity index (χ4n) is 7.38. The van der Waals surface area contributed by atoms with Crippen molar-refractivity contribution in [3.63, 3.8) is 0 Å². The summed E-state index contributed by atoms with van der Waals surface area (Å²) in [6.07, 6.45) is 8.78.